The Morgan fingerprint density at radius 1 is 0.552 bits per heavy atom. The Labute approximate surface area is 211 Å². The minimum atomic E-state index is 0. The molecule has 2 nitrogen and oxygen atoms in total. The number of aromatic nitrogens is 2. The fourth-order valence-corrected chi connectivity index (χ4v) is 2.40. The second-order valence-corrected chi connectivity index (χ2v) is 11.4. The minimum Gasteiger partial charge on any atom is -0.395 e. The standard InChI is InChI=1S/2C12H20N.2ClH.Zr/c2*1-11(2,3)9-7-8-10(13-9)12(4,5)6;;;/h2*7-8H,1-6H3;2*1H;/q2*-1;;;+2. The molecule has 0 bridgehead atoms. The Balaban J connectivity index is -0.000000422. The van der Waals surface area contributed by atoms with Crippen LogP contribution >= 0.6 is 24.8 Å². The SMILES string of the molecule is CC(C)(C)c1cc[c-](C(C)(C)C)n1.CC(C)(C)c1cc[c-](C(C)(C)C)n1.Cl.Cl.[Zr+2]. The van der Waals surface area contributed by atoms with Gasteiger partial charge in [0.15, 0.2) is 0 Å². The maximum absolute atomic E-state index is 4.65. The van der Waals surface area contributed by atoms with Gasteiger partial charge in [0.05, 0.1) is 0 Å². The molecule has 5 heteroatoms. The molecule has 0 unspecified atom stereocenters. The largest absolute Gasteiger partial charge is 2.00 e. The van der Waals surface area contributed by atoms with E-state index in [1.54, 1.807) is 0 Å². The van der Waals surface area contributed by atoms with Crippen molar-refractivity contribution in [1.82, 2.24) is 9.97 Å². The normalized spacial score (nSPS) is 12.0. The van der Waals surface area contributed by atoms with Crippen LogP contribution in [0.2, 0.25) is 0 Å². The van der Waals surface area contributed by atoms with Gasteiger partial charge in [0, 0.05) is 0 Å². The molecule has 0 aliphatic carbocycles. The van der Waals surface area contributed by atoms with Crippen LogP contribution in [-0.2, 0) is 47.9 Å². The molecule has 0 amide bonds. The van der Waals surface area contributed by atoms with Gasteiger partial charge in [-0.3, -0.25) is 0 Å². The van der Waals surface area contributed by atoms with E-state index in [4.69, 9.17) is 0 Å². The van der Waals surface area contributed by atoms with Crippen molar-refractivity contribution in [3.05, 3.63) is 47.0 Å². The predicted molar refractivity (Wildman–Crippen MR) is 129 cm³/mol. The number of hydrogen-bond donors (Lipinski definition) is 0. The van der Waals surface area contributed by atoms with Gasteiger partial charge in [-0.1, -0.05) is 105 Å². The molecule has 0 aliphatic rings. The van der Waals surface area contributed by atoms with Crippen LogP contribution in [0.3, 0.4) is 0 Å². The summed E-state index contributed by atoms with van der Waals surface area (Å²) >= 11 is 0. The van der Waals surface area contributed by atoms with E-state index in [9.17, 15) is 0 Å². The maximum Gasteiger partial charge on any atom is 2.00 e. The van der Waals surface area contributed by atoms with Gasteiger partial charge in [-0.15, -0.1) is 36.2 Å². The predicted octanol–water partition coefficient (Wildman–Crippen LogP) is 7.63. The smallest absolute Gasteiger partial charge is 0.395 e. The first kappa shape index (κ1) is 33.7. The van der Waals surface area contributed by atoms with Crippen molar-refractivity contribution in [3.63, 3.8) is 0 Å². The molecule has 0 atom stereocenters. The second kappa shape index (κ2) is 11.6. The van der Waals surface area contributed by atoms with Crippen LogP contribution in [0.1, 0.15) is 106 Å². The molecular formula is C24H42Cl2N2Zr. The molecule has 166 valence electrons. The zero-order chi connectivity index (χ0) is 20.6. The van der Waals surface area contributed by atoms with E-state index in [1.807, 2.05) is 0 Å². The Morgan fingerprint density at radius 3 is 0.897 bits per heavy atom. The van der Waals surface area contributed by atoms with Gasteiger partial charge < -0.3 is 9.97 Å². The van der Waals surface area contributed by atoms with E-state index >= 15 is 0 Å². The topological polar surface area (TPSA) is 25.8 Å². The molecule has 0 N–H and O–H groups in total. The van der Waals surface area contributed by atoms with Crippen LogP contribution in [-0.4, -0.2) is 9.97 Å². The summed E-state index contributed by atoms with van der Waals surface area (Å²) in [5.74, 6) is 0. The zero-order valence-electron chi connectivity index (χ0n) is 20.5. The molecule has 0 fully saturated rings. The molecule has 0 aliphatic heterocycles. The fraction of sp³-hybridized carbons (Fsp3) is 0.667. The Kier molecular flexibility index (Phi) is 13.4. The summed E-state index contributed by atoms with van der Waals surface area (Å²) in [5.41, 5.74) is 5.45. The number of rotatable bonds is 0. The summed E-state index contributed by atoms with van der Waals surface area (Å²) in [4.78, 5) is 9.31. The molecule has 2 aromatic heterocycles. The van der Waals surface area contributed by atoms with Crippen molar-refractivity contribution < 1.29 is 26.2 Å². The molecule has 29 heavy (non-hydrogen) atoms. The van der Waals surface area contributed by atoms with Crippen LogP contribution in [0.5, 0.6) is 0 Å². The summed E-state index contributed by atoms with van der Waals surface area (Å²) in [6.45, 7) is 26.4. The summed E-state index contributed by atoms with van der Waals surface area (Å²) < 4.78 is 0. The van der Waals surface area contributed by atoms with Crippen LogP contribution in [0.15, 0.2) is 24.3 Å². The number of halogens is 2. The third-order valence-electron chi connectivity index (χ3n) is 4.35. The third-order valence-corrected chi connectivity index (χ3v) is 4.35. The zero-order valence-corrected chi connectivity index (χ0v) is 24.6. The Hall–Kier alpha value is 0.0231. The van der Waals surface area contributed by atoms with E-state index in [2.05, 4.69) is 117 Å². The van der Waals surface area contributed by atoms with Gasteiger partial charge >= 0.3 is 26.2 Å². The van der Waals surface area contributed by atoms with Gasteiger partial charge in [0.1, 0.15) is 0 Å². The van der Waals surface area contributed by atoms with Crippen molar-refractivity contribution in [2.24, 2.45) is 0 Å². The van der Waals surface area contributed by atoms with E-state index in [1.165, 1.54) is 22.8 Å². The number of nitrogens with zero attached hydrogens (tertiary/aromatic N) is 2. The Bertz CT molecular complexity index is 584. The molecule has 0 saturated carbocycles. The third kappa shape index (κ3) is 10.7. The van der Waals surface area contributed by atoms with Crippen LogP contribution in [0, 0.1) is 0 Å². The molecule has 0 aromatic carbocycles. The first-order chi connectivity index (χ1) is 11.4. The molecule has 2 rings (SSSR count). The maximum atomic E-state index is 4.65. The summed E-state index contributed by atoms with van der Waals surface area (Å²) in [6, 6.07) is 8.56. The van der Waals surface area contributed by atoms with Crippen molar-refractivity contribution in [2.75, 3.05) is 0 Å². The van der Waals surface area contributed by atoms with Crippen LogP contribution in [0.4, 0.5) is 0 Å². The van der Waals surface area contributed by atoms with Crippen LogP contribution in [0.25, 0.3) is 0 Å². The van der Waals surface area contributed by atoms with Gasteiger partial charge in [-0.2, -0.15) is 24.3 Å². The summed E-state index contributed by atoms with van der Waals surface area (Å²) in [5, 5.41) is 0. The monoisotopic (exact) mass is 518 g/mol. The van der Waals surface area contributed by atoms with E-state index < -0.39 is 0 Å². The fourth-order valence-electron chi connectivity index (χ4n) is 2.40. The van der Waals surface area contributed by atoms with Gasteiger partial charge in [-0.25, -0.2) is 0 Å². The molecule has 0 radical (unpaired) electrons. The van der Waals surface area contributed by atoms with E-state index in [0.29, 0.717) is 0 Å². The summed E-state index contributed by atoms with van der Waals surface area (Å²) in [6.07, 6.45) is 0. The van der Waals surface area contributed by atoms with Gasteiger partial charge in [0.25, 0.3) is 0 Å². The van der Waals surface area contributed by atoms with Crippen molar-refractivity contribution in [3.8, 4) is 0 Å². The quantitative estimate of drug-likeness (QED) is 0.334. The Morgan fingerprint density at radius 2 is 0.793 bits per heavy atom. The van der Waals surface area contributed by atoms with E-state index in [-0.39, 0.29) is 72.7 Å². The van der Waals surface area contributed by atoms with E-state index in [0.717, 1.165) is 0 Å². The van der Waals surface area contributed by atoms with Gasteiger partial charge in [0.2, 0.25) is 0 Å². The van der Waals surface area contributed by atoms with Crippen LogP contribution < -0.4 is 0 Å². The van der Waals surface area contributed by atoms with Crippen molar-refractivity contribution in [2.45, 2.75) is 105 Å². The number of hydrogen-bond acceptors (Lipinski definition) is 2. The van der Waals surface area contributed by atoms with Crippen molar-refractivity contribution >= 4 is 24.8 Å². The minimum absolute atomic E-state index is 0. The molecule has 0 spiro atoms. The second-order valence-electron chi connectivity index (χ2n) is 11.4. The first-order valence-electron chi connectivity index (χ1n) is 9.72. The first-order valence-corrected chi connectivity index (χ1v) is 9.72. The molecule has 2 aromatic rings. The molecule has 0 saturated heterocycles. The van der Waals surface area contributed by atoms with Gasteiger partial charge in [-0.05, 0) is 10.8 Å². The average Bonchev–Trinajstić information content (AvgIpc) is 3.06. The molecular weight excluding hydrogens is 478 g/mol. The summed E-state index contributed by atoms with van der Waals surface area (Å²) in [7, 11) is 0. The average molecular weight is 521 g/mol. The van der Waals surface area contributed by atoms with Crippen molar-refractivity contribution in [1.29, 1.82) is 0 Å². The molecule has 2 heterocycles.